The third kappa shape index (κ3) is 6.50. The van der Waals surface area contributed by atoms with Crippen LogP contribution < -0.4 is 15.4 Å². The molecule has 21 heavy (non-hydrogen) atoms. The molecule has 1 rings (SSSR count). The van der Waals surface area contributed by atoms with E-state index in [0.29, 0.717) is 12.4 Å². The van der Waals surface area contributed by atoms with E-state index in [4.69, 9.17) is 0 Å². The maximum atomic E-state index is 11.9. The Hall–Kier alpha value is -1.74. The smallest absolute Gasteiger partial charge is 0.271 e. The zero-order chi connectivity index (χ0) is 15.7. The zero-order valence-electron chi connectivity index (χ0n) is 12.2. The molecule has 1 heterocycles. The summed E-state index contributed by atoms with van der Waals surface area (Å²) in [5.41, 5.74) is 0.150. The van der Waals surface area contributed by atoms with E-state index in [2.05, 4.69) is 25.3 Å². The van der Waals surface area contributed by atoms with Crippen LogP contribution in [0.2, 0.25) is 0 Å². The van der Waals surface area contributed by atoms with E-state index >= 15 is 0 Å². The third-order valence-corrected chi connectivity index (χ3v) is 3.91. The minimum absolute atomic E-state index is 0.0163. The largest absolute Gasteiger partial charge is 0.369 e. The Labute approximate surface area is 124 Å². The summed E-state index contributed by atoms with van der Waals surface area (Å²) in [7, 11) is -3.34. The van der Waals surface area contributed by atoms with Crippen LogP contribution in [0.1, 0.15) is 30.8 Å². The Bertz CT molecular complexity index is 562. The summed E-state index contributed by atoms with van der Waals surface area (Å²) in [6.45, 7) is 4.79. The molecule has 1 amide bonds. The molecule has 0 aliphatic carbocycles. The number of aromatic nitrogens is 2. The summed E-state index contributed by atoms with van der Waals surface area (Å²) >= 11 is 0. The molecule has 3 N–H and O–H groups in total. The number of sulfonamides is 1. The number of amides is 1. The standard InChI is InChI=1S/C12H21N5O3S/c1-3-5-14-11-9-13-8-10(17-11)12(18)15-6-7-21(19,20)16-4-2/h8-9,16H,3-7H2,1-2H3,(H,14,17)(H,15,18). The molecule has 0 saturated heterocycles. The molecule has 0 unspecified atom stereocenters. The Morgan fingerprint density at radius 2 is 2.00 bits per heavy atom. The molecule has 0 bridgehead atoms. The number of rotatable bonds is 9. The minimum atomic E-state index is -3.34. The van der Waals surface area contributed by atoms with Crippen LogP contribution in [0.3, 0.4) is 0 Å². The Morgan fingerprint density at radius 1 is 1.24 bits per heavy atom. The number of hydrogen-bond acceptors (Lipinski definition) is 6. The van der Waals surface area contributed by atoms with E-state index in [1.165, 1.54) is 12.4 Å². The van der Waals surface area contributed by atoms with Gasteiger partial charge in [-0.2, -0.15) is 0 Å². The van der Waals surface area contributed by atoms with Crippen LogP contribution in [0, 0.1) is 0 Å². The van der Waals surface area contributed by atoms with Crippen molar-refractivity contribution in [1.82, 2.24) is 20.0 Å². The first kappa shape index (κ1) is 17.3. The van der Waals surface area contributed by atoms with Gasteiger partial charge in [-0.3, -0.25) is 9.78 Å². The van der Waals surface area contributed by atoms with Gasteiger partial charge in [0.1, 0.15) is 11.5 Å². The summed E-state index contributed by atoms with van der Waals surface area (Å²) in [6.07, 6.45) is 3.80. The monoisotopic (exact) mass is 315 g/mol. The van der Waals surface area contributed by atoms with Gasteiger partial charge in [-0.15, -0.1) is 0 Å². The average Bonchev–Trinajstić information content (AvgIpc) is 2.45. The van der Waals surface area contributed by atoms with Crippen LogP contribution in [0.5, 0.6) is 0 Å². The average molecular weight is 315 g/mol. The fourth-order valence-electron chi connectivity index (χ4n) is 1.50. The number of nitrogens with one attached hydrogen (secondary N) is 3. The lowest BCUT2D eigenvalue weighted by Crippen LogP contribution is -2.34. The molecular formula is C12H21N5O3S. The van der Waals surface area contributed by atoms with Gasteiger partial charge in [-0.25, -0.2) is 18.1 Å². The first-order valence-corrected chi connectivity index (χ1v) is 8.45. The fourth-order valence-corrected chi connectivity index (χ4v) is 2.45. The molecule has 1 aromatic heterocycles. The van der Waals surface area contributed by atoms with Gasteiger partial charge >= 0.3 is 0 Å². The quantitative estimate of drug-likeness (QED) is 0.590. The van der Waals surface area contributed by atoms with Gasteiger partial charge in [0.2, 0.25) is 10.0 Å². The maximum absolute atomic E-state index is 11.9. The number of carbonyl (C=O) groups is 1. The fraction of sp³-hybridized carbons (Fsp3) is 0.583. The van der Waals surface area contributed by atoms with Gasteiger partial charge in [-0.05, 0) is 6.42 Å². The predicted octanol–water partition coefficient (Wildman–Crippen LogP) is -0.0324. The predicted molar refractivity (Wildman–Crippen MR) is 80.6 cm³/mol. The molecule has 0 fully saturated rings. The zero-order valence-corrected chi connectivity index (χ0v) is 13.0. The van der Waals surface area contributed by atoms with Crippen LogP contribution in [0.4, 0.5) is 5.82 Å². The van der Waals surface area contributed by atoms with Crippen LogP contribution in [0.25, 0.3) is 0 Å². The van der Waals surface area contributed by atoms with E-state index in [9.17, 15) is 13.2 Å². The molecule has 0 atom stereocenters. The summed E-state index contributed by atoms with van der Waals surface area (Å²) in [6, 6.07) is 0. The van der Waals surface area contributed by atoms with E-state index in [0.717, 1.165) is 13.0 Å². The van der Waals surface area contributed by atoms with E-state index in [-0.39, 0.29) is 18.0 Å². The lowest BCUT2D eigenvalue weighted by atomic mass is 10.4. The van der Waals surface area contributed by atoms with Crippen molar-refractivity contribution in [3.05, 3.63) is 18.1 Å². The molecule has 1 aromatic rings. The molecule has 8 nitrogen and oxygen atoms in total. The molecule has 0 aliphatic heterocycles. The highest BCUT2D eigenvalue weighted by Gasteiger charge is 2.12. The minimum Gasteiger partial charge on any atom is -0.369 e. The van der Waals surface area contributed by atoms with Crippen LogP contribution in [0.15, 0.2) is 12.4 Å². The highest BCUT2D eigenvalue weighted by atomic mass is 32.2. The summed E-state index contributed by atoms with van der Waals surface area (Å²) in [4.78, 5) is 19.9. The van der Waals surface area contributed by atoms with Crippen molar-refractivity contribution in [2.45, 2.75) is 20.3 Å². The number of carbonyl (C=O) groups excluding carboxylic acids is 1. The highest BCUT2D eigenvalue weighted by Crippen LogP contribution is 2.02. The summed E-state index contributed by atoms with van der Waals surface area (Å²) < 4.78 is 25.2. The van der Waals surface area contributed by atoms with Crippen molar-refractivity contribution in [3.63, 3.8) is 0 Å². The van der Waals surface area contributed by atoms with Crippen molar-refractivity contribution >= 4 is 21.7 Å². The first-order chi connectivity index (χ1) is 9.98. The summed E-state index contributed by atoms with van der Waals surface area (Å²) in [5, 5.41) is 5.54. The van der Waals surface area contributed by atoms with Gasteiger partial charge < -0.3 is 10.6 Å². The lowest BCUT2D eigenvalue weighted by molar-refractivity contribution is 0.0951. The second kappa shape index (κ2) is 8.53. The highest BCUT2D eigenvalue weighted by molar-refractivity contribution is 7.89. The Morgan fingerprint density at radius 3 is 2.67 bits per heavy atom. The lowest BCUT2D eigenvalue weighted by Gasteiger charge is -2.07. The van der Waals surface area contributed by atoms with Crippen LogP contribution in [-0.2, 0) is 10.0 Å². The van der Waals surface area contributed by atoms with E-state index in [1.54, 1.807) is 6.92 Å². The van der Waals surface area contributed by atoms with Gasteiger partial charge in [0.25, 0.3) is 5.91 Å². The summed E-state index contributed by atoms with van der Waals surface area (Å²) in [5.74, 6) is -0.104. The van der Waals surface area contributed by atoms with Crippen molar-refractivity contribution < 1.29 is 13.2 Å². The number of hydrogen-bond donors (Lipinski definition) is 3. The molecule has 0 aliphatic rings. The van der Waals surface area contributed by atoms with Crippen LogP contribution in [-0.4, -0.2) is 49.7 Å². The molecule has 118 valence electrons. The van der Waals surface area contributed by atoms with Crippen molar-refractivity contribution in [2.75, 3.05) is 30.7 Å². The molecule has 9 heteroatoms. The van der Waals surface area contributed by atoms with Gasteiger partial charge in [0, 0.05) is 19.6 Å². The van der Waals surface area contributed by atoms with E-state index in [1.807, 2.05) is 6.92 Å². The van der Waals surface area contributed by atoms with Gasteiger partial charge in [0.15, 0.2) is 0 Å². The van der Waals surface area contributed by atoms with Gasteiger partial charge in [-0.1, -0.05) is 13.8 Å². The molecule has 0 spiro atoms. The third-order valence-electron chi connectivity index (χ3n) is 2.44. The van der Waals surface area contributed by atoms with Crippen molar-refractivity contribution in [3.8, 4) is 0 Å². The second-order valence-corrected chi connectivity index (χ2v) is 6.22. The number of nitrogens with zero attached hydrogens (tertiary/aromatic N) is 2. The molecule has 0 radical (unpaired) electrons. The first-order valence-electron chi connectivity index (χ1n) is 6.80. The van der Waals surface area contributed by atoms with Crippen molar-refractivity contribution in [2.24, 2.45) is 0 Å². The Kier molecular flexibility index (Phi) is 7.03. The molecule has 0 saturated carbocycles. The van der Waals surface area contributed by atoms with Crippen LogP contribution >= 0.6 is 0 Å². The number of anilines is 1. The molecule has 0 aromatic carbocycles. The molecular weight excluding hydrogens is 294 g/mol. The van der Waals surface area contributed by atoms with Crippen molar-refractivity contribution in [1.29, 1.82) is 0 Å². The van der Waals surface area contributed by atoms with E-state index < -0.39 is 15.9 Å². The Balaban J connectivity index is 2.52. The van der Waals surface area contributed by atoms with Gasteiger partial charge in [0.05, 0.1) is 18.1 Å². The maximum Gasteiger partial charge on any atom is 0.271 e. The normalized spacial score (nSPS) is 11.1. The SMILES string of the molecule is CCCNc1cncc(C(=O)NCCS(=O)(=O)NCC)n1. The second-order valence-electron chi connectivity index (χ2n) is 4.29. The topological polar surface area (TPSA) is 113 Å².